The van der Waals surface area contributed by atoms with Gasteiger partial charge in [-0.2, -0.15) is 8.42 Å². The molecule has 0 N–H and O–H groups in total. The third kappa shape index (κ3) is 9.49. The van der Waals surface area contributed by atoms with Crippen LogP contribution in [0.5, 0.6) is 0 Å². The van der Waals surface area contributed by atoms with Gasteiger partial charge in [0.2, 0.25) is 0 Å². The Labute approximate surface area is 135 Å². The molecule has 7 heteroatoms. The van der Waals surface area contributed by atoms with Crippen molar-refractivity contribution in [2.45, 2.75) is 11.8 Å². The van der Waals surface area contributed by atoms with Gasteiger partial charge in [-0.15, -0.1) is 0 Å². The van der Waals surface area contributed by atoms with E-state index in [1.165, 1.54) is 19.1 Å². The minimum atomic E-state index is -3.63. The van der Waals surface area contributed by atoms with Crippen molar-refractivity contribution in [2.24, 2.45) is 0 Å². The zero-order valence-electron chi connectivity index (χ0n) is 9.91. The summed E-state index contributed by atoms with van der Waals surface area (Å²) in [7, 11) is -3.63. The second-order valence-corrected chi connectivity index (χ2v) is 4.38. The quantitative estimate of drug-likeness (QED) is 0.365. The van der Waals surface area contributed by atoms with Crippen LogP contribution in [0.3, 0.4) is 0 Å². The van der Waals surface area contributed by atoms with Crippen molar-refractivity contribution >= 4 is 45.6 Å². The van der Waals surface area contributed by atoms with Gasteiger partial charge in [-0.1, -0.05) is 31.4 Å². The average molecular weight is 294 g/mol. The summed E-state index contributed by atoms with van der Waals surface area (Å²) in [5.74, 6) is -0.329. The van der Waals surface area contributed by atoms with Crippen molar-refractivity contribution in [3.8, 4) is 0 Å². The number of hydrogen-bond donors (Lipinski definition) is 0. The number of benzene rings is 1. The van der Waals surface area contributed by atoms with E-state index in [9.17, 15) is 13.2 Å². The number of ether oxygens (including phenoxy) is 1. The summed E-state index contributed by atoms with van der Waals surface area (Å²) in [4.78, 5) is 9.88. The first-order valence-corrected chi connectivity index (χ1v) is 6.22. The second kappa shape index (κ2) is 10.8. The Kier molecular flexibility index (Phi) is 11.5. The first-order chi connectivity index (χ1) is 8.44. The first kappa shape index (κ1) is 20.2. The normalized spacial score (nSPS) is 8.89. The molecule has 100 valence electrons. The van der Waals surface area contributed by atoms with E-state index >= 15 is 0 Å². The third-order valence-electron chi connectivity index (χ3n) is 1.48. The Balaban J connectivity index is 0. The monoisotopic (exact) mass is 294 g/mol. The van der Waals surface area contributed by atoms with Crippen molar-refractivity contribution in [3.05, 3.63) is 56.0 Å². The molecule has 0 saturated carbocycles. The topological polar surface area (TPSA) is 69.7 Å². The molecular weight excluding hydrogens is 279 g/mol. The van der Waals surface area contributed by atoms with Gasteiger partial charge < -0.3 is 8.92 Å². The molecule has 0 radical (unpaired) electrons. The fourth-order valence-electron chi connectivity index (χ4n) is 0.850. The van der Waals surface area contributed by atoms with E-state index in [1.807, 2.05) is 0 Å². The van der Waals surface area contributed by atoms with Crippen molar-refractivity contribution < 1.29 is 22.1 Å². The molecule has 0 aliphatic heterocycles. The molecule has 0 aliphatic carbocycles. The van der Waals surface area contributed by atoms with E-state index in [2.05, 4.69) is 22.1 Å². The van der Waals surface area contributed by atoms with E-state index in [4.69, 9.17) is 0 Å². The van der Waals surface area contributed by atoms with Crippen molar-refractivity contribution in [1.29, 1.82) is 0 Å². The standard InChI is InChI=1S/C8H8O3S.C4H6O2.Na.H/c1-2-11-12(9,10)8-6-4-3-5-7-8;1-3-6-4(2)5;;/h2-7H,1H2;3H,1H2,2H3;;. The van der Waals surface area contributed by atoms with Gasteiger partial charge in [0.25, 0.3) is 0 Å². The van der Waals surface area contributed by atoms with E-state index < -0.39 is 10.1 Å². The van der Waals surface area contributed by atoms with E-state index in [1.54, 1.807) is 18.2 Å². The molecule has 0 bridgehead atoms. The van der Waals surface area contributed by atoms with E-state index in [0.717, 1.165) is 12.5 Å². The summed E-state index contributed by atoms with van der Waals surface area (Å²) in [5, 5.41) is 0. The van der Waals surface area contributed by atoms with Crippen molar-refractivity contribution in [3.63, 3.8) is 0 Å². The summed E-state index contributed by atoms with van der Waals surface area (Å²) in [6, 6.07) is 7.89. The van der Waals surface area contributed by atoms with Gasteiger partial charge >= 0.3 is 45.6 Å². The van der Waals surface area contributed by atoms with Crippen LogP contribution in [0, 0.1) is 0 Å². The van der Waals surface area contributed by atoms with Crippen molar-refractivity contribution in [2.75, 3.05) is 0 Å². The Morgan fingerprint density at radius 1 is 1.16 bits per heavy atom. The van der Waals surface area contributed by atoms with Crippen molar-refractivity contribution in [1.82, 2.24) is 0 Å². The third-order valence-corrected chi connectivity index (χ3v) is 2.71. The van der Waals surface area contributed by atoms with Gasteiger partial charge in [-0.25, -0.2) is 0 Å². The molecule has 0 heterocycles. The molecule has 0 aromatic heterocycles. The average Bonchev–Trinajstić information content (AvgIpc) is 2.31. The second-order valence-electron chi connectivity index (χ2n) is 2.81. The van der Waals surface area contributed by atoms with Crippen LogP contribution in [0.2, 0.25) is 0 Å². The van der Waals surface area contributed by atoms with Crippen LogP contribution in [0.15, 0.2) is 60.9 Å². The number of esters is 1. The molecule has 1 aromatic rings. The molecule has 0 amide bonds. The van der Waals surface area contributed by atoms with Crippen LogP contribution < -0.4 is 0 Å². The van der Waals surface area contributed by atoms with Gasteiger partial charge in [0, 0.05) is 6.92 Å². The van der Waals surface area contributed by atoms with Gasteiger partial charge in [0.15, 0.2) is 0 Å². The van der Waals surface area contributed by atoms with Gasteiger partial charge in [0.1, 0.15) is 4.90 Å². The summed E-state index contributed by atoms with van der Waals surface area (Å²) in [6.07, 6.45) is 1.99. The molecule has 0 fully saturated rings. The van der Waals surface area contributed by atoms with Crippen LogP contribution in [-0.2, 0) is 23.8 Å². The zero-order valence-corrected chi connectivity index (χ0v) is 10.7. The molecule has 0 atom stereocenters. The summed E-state index contributed by atoms with van der Waals surface area (Å²) < 4.78 is 30.8. The van der Waals surface area contributed by atoms with Crippen LogP contribution in [0.1, 0.15) is 6.92 Å². The predicted octanol–water partition coefficient (Wildman–Crippen LogP) is 1.58. The van der Waals surface area contributed by atoms with Gasteiger partial charge in [-0.05, 0) is 12.1 Å². The predicted molar refractivity (Wildman–Crippen MR) is 74.0 cm³/mol. The Morgan fingerprint density at radius 2 is 1.68 bits per heavy atom. The van der Waals surface area contributed by atoms with Crippen LogP contribution >= 0.6 is 0 Å². The first-order valence-electron chi connectivity index (χ1n) is 4.81. The Bertz CT molecular complexity index is 496. The number of carbonyl (C=O) groups excluding carboxylic acids is 1. The molecule has 5 nitrogen and oxygen atoms in total. The SMILES string of the molecule is C=COC(C)=O.C=COS(=O)(=O)c1ccccc1.[NaH]. The number of rotatable bonds is 4. The van der Waals surface area contributed by atoms with E-state index in [-0.39, 0.29) is 40.4 Å². The minimum absolute atomic E-state index is 0. The Hall–Kier alpha value is -1.08. The fraction of sp³-hybridized carbons (Fsp3) is 0.0833. The molecule has 0 aliphatic rings. The molecule has 0 unspecified atom stereocenters. The number of hydrogen-bond acceptors (Lipinski definition) is 5. The van der Waals surface area contributed by atoms with Crippen LogP contribution in [0.25, 0.3) is 0 Å². The molecule has 0 spiro atoms. The number of carbonyl (C=O) groups is 1. The molecule has 19 heavy (non-hydrogen) atoms. The molecule has 1 aromatic carbocycles. The zero-order chi connectivity index (χ0) is 14.0. The summed E-state index contributed by atoms with van der Waals surface area (Å²) in [6.45, 7) is 7.65. The van der Waals surface area contributed by atoms with Crippen LogP contribution in [0.4, 0.5) is 0 Å². The summed E-state index contributed by atoms with van der Waals surface area (Å²) >= 11 is 0. The van der Waals surface area contributed by atoms with Gasteiger partial charge in [0.05, 0.1) is 12.5 Å². The maximum absolute atomic E-state index is 11.1. The van der Waals surface area contributed by atoms with Gasteiger partial charge in [-0.3, -0.25) is 4.79 Å². The molecule has 0 saturated heterocycles. The van der Waals surface area contributed by atoms with E-state index in [0.29, 0.717) is 0 Å². The maximum atomic E-state index is 11.1. The fourth-order valence-corrected chi connectivity index (χ4v) is 1.63. The molecular formula is C12H15NaO5S. The Morgan fingerprint density at radius 3 is 2.00 bits per heavy atom. The molecule has 1 rings (SSSR count). The van der Waals surface area contributed by atoms with Crippen LogP contribution in [-0.4, -0.2) is 43.9 Å². The summed E-state index contributed by atoms with van der Waals surface area (Å²) in [5.41, 5.74) is 0.